The van der Waals surface area contributed by atoms with E-state index in [4.69, 9.17) is 0 Å². The van der Waals surface area contributed by atoms with E-state index in [1.54, 1.807) is 0 Å². The molecule has 0 amide bonds. The van der Waals surface area contributed by atoms with Crippen molar-refractivity contribution in [3.05, 3.63) is 21.3 Å². The van der Waals surface area contributed by atoms with Crippen molar-refractivity contribution in [2.45, 2.75) is 13.8 Å². The molecule has 0 fully saturated rings. The Kier molecular flexibility index (Phi) is 90.5. The summed E-state index contributed by atoms with van der Waals surface area (Å²) in [5, 5.41) is 2.89. The molecule has 0 saturated carbocycles. The molecule has 0 rings (SSSR count). The average Bonchev–Trinajstić information content (AvgIpc) is 1.75. The van der Waals surface area contributed by atoms with Gasteiger partial charge in [0.25, 0.3) is 0 Å². The first-order chi connectivity index (χ1) is 3.41. The van der Waals surface area contributed by atoms with Crippen LogP contribution in [-0.2, 0) is 0 Å². The van der Waals surface area contributed by atoms with Crippen LogP contribution in [0.4, 0.5) is 0 Å². The van der Waals surface area contributed by atoms with E-state index in [-0.39, 0.29) is 37.0 Å². The van der Waals surface area contributed by atoms with E-state index in [1.807, 2.05) is 13.8 Å². The second kappa shape index (κ2) is 36.2. The maximum absolute atomic E-state index is 3.52. The molecule has 0 bridgehead atoms. The molecular formula is C7H18NNa-2. The molecule has 9 heavy (non-hydrogen) atoms. The van der Waals surface area contributed by atoms with Gasteiger partial charge >= 0.3 is 29.6 Å². The normalized spacial score (nSPS) is 5.33. The van der Waals surface area contributed by atoms with E-state index in [9.17, 15) is 0 Å². The Balaban J connectivity index is -0.0000000286. The van der Waals surface area contributed by atoms with Gasteiger partial charge in [-0.2, -0.15) is 0 Å². The van der Waals surface area contributed by atoms with Crippen molar-refractivity contribution in [2.24, 2.45) is 0 Å². The van der Waals surface area contributed by atoms with Crippen LogP contribution < -0.4 is 34.9 Å². The Labute approximate surface area is 82.9 Å². The van der Waals surface area contributed by atoms with Gasteiger partial charge in [0.2, 0.25) is 0 Å². The fourth-order valence-electron chi connectivity index (χ4n) is 0.125. The standard InChI is InChI=1S/C4H9N.C2H6.CH3.Na/c1-3-5-4-2;1-2;;/h5H,1-4H2;1-2H3;1H3;/q-2;;-1;+1. The molecule has 0 aliphatic heterocycles. The number of hydrogen-bond donors (Lipinski definition) is 1. The third-order valence-corrected chi connectivity index (χ3v) is 0.354. The van der Waals surface area contributed by atoms with E-state index in [0.29, 0.717) is 0 Å². The molecule has 0 unspecified atom stereocenters. The van der Waals surface area contributed by atoms with E-state index < -0.39 is 0 Å². The maximum Gasteiger partial charge on any atom is 1.00 e. The van der Waals surface area contributed by atoms with Crippen molar-refractivity contribution >= 4 is 0 Å². The third kappa shape index (κ3) is 49.5. The van der Waals surface area contributed by atoms with Gasteiger partial charge in [0.1, 0.15) is 0 Å². The molecule has 0 aromatic carbocycles. The Bertz CT molecular complexity index is 16.4. The molecule has 0 aliphatic carbocycles. The second-order valence-electron chi connectivity index (χ2n) is 0.750. The van der Waals surface area contributed by atoms with Gasteiger partial charge in [-0.25, -0.2) is 0 Å². The largest absolute Gasteiger partial charge is 1.00 e. The van der Waals surface area contributed by atoms with Crippen molar-refractivity contribution in [1.29, 1.82) is 0 Å². The molecular weight excluding hydrogens is 121 g/mol. The van der Waals surface area contributed by atoms with Crippen LogP contribution in [0.1, 0.15) is 13.8 Å². The monoisotopic (exact) mass is 139 g/mol. The molecule has 0 heterocycles. The summed E-state index contributed by atoms with van der Waals surface area (Å²) >= 11 is 0. The summed E-state index contributed by atoms with van der Waals surface area (Å²) in [5.41, 5.74) is 0. The zero-order valence-electron chi connectivity index (χ0n) is 7.33. The fourth-order valence-corrected chi connectivity index (χ4v) is 0.125. The first-order valence-corrected chi connectivity index (χ1v) is 2.71. The van der Waals surface area contributed by atoms with Crippen molar-refractivity contribution in [1.82, 2.24) is 5.32 Å². The molecule has 1 nitrogen and oxygen atoms in total. The van der Waals surface area contributed by atoms with Gasteiger partial charge in [-0.1, -0.05) is 13.8 Å². The SMILES string of the molecule is CC.[CH2-]CNC[CH2-].[CH3-].[Na+]. The van der Waals surface area contributed by atoms with Gasteiger partial charge < -0.3 is 26.6 Å². The predicted octanol–water partition coefficient (Wildman–Crippen LogP) is -1.28. The van der Waals surface area contributed by atoms with Crippen LogP contribution in [0, 0.1) is 21.3 Å². The molecule has 0 spiro atoms. The molecule has 2 heteroatoms. The number of rotatable bonds is 2. The van der Waals surface area contributed by atoms with Crippen LogP contribution in [0.5, 0.6) is 0 Å². The Morgan fingerprint density at radius 3 is 1.33 bits per heavy atom. The van der Waals surface area contributed by atoms with Gasteiger partial charge in [-0.05, 0) is 0 Å². The molecule has 0 radical (unpaired) electrons. The molecule has 0 atom stereocenters. The first kappa shape index (κ1) is 22.5. The van der Waals surface area contributed by atoms with Crippen LogP contribution in [0.3, 0.4) is 0 Å². The second-order valence-corrected chi connectivity index (χ2v) is 0.750. The minimum Gasteiger partial charge on any atom is -0.376 e. The zero-order chi connectivity index (χ0) is 6.12. The number of hydrogen-bond acceptors (Lipinski definition) is 1. The molecule has 0 aromatic rings. The summed E-state index contributed by atoms with van der Waals surface area (Å²) in [4.78, 5) is 0. The molecule has 1 N–H and O–H groups in total. The van der Waals surface area contributed by atoms with Crippen LogP contribution in [0.25, 0.3) is 0 Å². The van der Waals surface area contributed by atoms with Crippen LogP contribution in [-0.4, -0.2) is 13.1 Å². The van der Waals surface area contributed by atoms with Gasteiger partial charge in [0.15, 0.2) is 0 Å². The van der Waals surface area contributed by atoms with Crippen LogP contribution in [0.2, 0.25) is 0 Å². The molecule has 0 aliphatic rings. The van der Waals surface area contributed by atoms with Gasteiger partial charge in [-0.3, -0.25) is 0 Å². The Hall–Kier alpha value is 0.960. The summed E-state index contributed by atoms with van der Waals surface area (Å²) in [6.45, 7) is 12.6. The summed E-state index contributed by atoms with van der Waals surface area (Å²) in [6, 6.07) is 0. The Morgan fingerprint density at radius 1 is 1.11 bits per heavy atom. The van der Waals surface area contributed by atoms with Crippen molar-refractivity contribution < 1.29 is 29.6 Å². The molecule has 0 saturated heterocycles. The van der Waals surface area contributed by atoms with E-state index >= 15 is 0 Å². The third-order valence-electron chi connectivity index (χ3n) is 0.354. The van der Waals surface area contributed by atoms with Crippen molar-refractivity contribution in [3.8, 4) is 0 Å². The van der Waals surface area contributed by atoms with Crippen LogP contribution in [0.15, 0.2) is 0 Å². The summed E-state index contributed by atoms with van der Waals surface area (Å²) in [6.07, 6.45) is 0. The maximum atomic E-state index is 3.52. The van der Waals surface area contributed by atoms with Crippen molar-refractivity contribution in [3.63, 3.8) is 0 Å². The van der Waals surface area contributed by atoms with Crippen molar-refractivity contribution in [2.75, 3.05) is 13.1 Å². The van der Waals surface area contributed by atoms with Gasteiger partial charge in [0.05, 0.1) is 0 Å². The Morgan fingerprint density at radius 2 is 1.33 bits per heavy atom. The van der Waals surface area contributed by atoms with Gasteiger partial charge in [-0.15, -0.1) is 13.1 Å². The van der Waals surface area contributed by atoms with Crippen LogP contribution >= 0.6 is 0 Å². The predicted molar refractivity (Wildman–Crippen MR) is 41.3 cm³/mol. The van der Waals surface area contributed by atoms with E-state index in [1.165, 1.54) is 0 Å². The quantitative estimate of drug-likeness (QED) is 0.371. The molecule has 0 aromatic heterocycles. The molecule has 54 valence electrons. The summed E-state index contributed by atoms with van der Waals surface area (Å²) in [7, 11) is 0. The fraction of sp³-hybridized carbons (Fsp3) is 0.571. The smallest absolute Gasteiger partial charge is 0.376 e. The zero-order valence-corrected chi connectivity index (χ0v) is 9.33. The summed E-state index contributed by atoms with van der Waals surface area (Å²) in [5.74, 6) is 0. The number of nitrogens with one attached hydrogen (secondary N) is 1. The van der Waals surface area contributed by atoms with Gasteiger partial charge in [0, 0.05) is 0 Å². The van der Waals surface area contributed by atoms with E-state index in [0.717, 1.165) is 13.1 Å². The summed E-state index contributed by atoms with van der Waals surface area (Å²) < 4.78 is 0. The minimum atomic E-state index is 0. The first-order valence-electron chi connectivity index (χ1n) is 2.71. The van der Waals surface area contributed by atoms with E-state index in [2.05, 4.69) is 19.2 Å². The minimum absolute atomic E-state index is 0. The topological polar surface area (TPSA) is 12.0 Å². The average molecular weight is 139 g/mol.